The van der Waals surface area contributed by atoms with E-state index in [0.717, 1.165) is 27.7 Å². The maximum absolute atomic E-state index is 13.3. The van der Waals surface area contributed by atoms with Crippen molar-refractivity contribution in [3.05, 3.63) is 102 Å². The molecule has 5 rings (SSSR count). The molecule has 2 N–H and O–H groups in total. The molecule has 2 amide bonds. The van der Waals surface area contributed by atoms with Crippen molar-refractivity contribution in [2.75, 3.05) is 11.9 Å². The van der Waals surface area contributed by atoms with Crippen LogP contribution in [-0.2, 0) is 4.79 Å². The summed E-state index contributed by atoms with van der Waals surface area (Å²) in [6, 6.07) is 27.5. The van der Waals surface area contributed by atoms with E-state index in [2.05, 4.69) is 22.4 Å². The fraction of sp³-hybridized carbons (Fsp3) is 0.120. The number of amides is 2. The van der Waals surface area contributed by atoms with Crippen molar-refractivity contribution < 1.29 is 9.59 Å². The first-order valence-electron chi connectivity index (χ1n) is 10.1. The highest BCUT2D eigenvalue weighted by atomic mass is 32.2. The van der Waals surface area contributed by atoms with Crippen molar-refractivity contribution in [2.45, 2.75) is 10.6 Å². The Balaban J connectivity index is 1.50. The average molecular weight is 428 g/mol. The van der Waals surface area contributed by atoms with Gasteiger partial charge in [0.15, 0.2) is 5.37 Å². The van der Waals surface area contributed by atoms with Crippen LogP contribution >= 0.6 is 11.8 Å². The Morgan fingerprint density at radius 3 is 2.48 bits per heavy atom. The van der Waals surface area contributed by atoms with Crippen molar-refractivity contribution in [1.29, 1.82) is 0 Å². The van der Waals surface area contributed by atoms with E-state index in [4.69, 9.17) is 0 Å². The zero-order chi connectivity index (χ0) is 21.4. The van der Waals surface area contributed by atoms with Gasteiger partial charge >= 0.3 is 0 Å². The molecule has 0 fully saturated rings. The number of H-pyrrole nitrogens is 1. The minimum Gasteiger partial charge on any atom is -0.351 e. The highest BCUT2D eigenvalue weighted by molar-refractivity contribution is 8.01. The molecule has 5 nitrogen and oxygen atoms in total. The van der Waals surface area contributed by atoms with Gasteiger partial charge in [0.1, 0.15) is 5.69 Å². The monoisotopic (exact) mass is 427 g/mol. The first kappa shape index (κ1) is 19.5. The second-order valence-electron chi connectivity index (χ2n) is 7.51. The van der Waals surface area contributed by atoms with Gasteiger partial charge in [0.05, 0.1) is 5.25 Å². The molecule has 4 aromatic rings. The molecule has 6 heteroatoms. The molecule has 1 aromatic heterocycles. The summed E-state index contributed by atoms with van der Waals surface area (Å²) in [4.78, 5) is 31.1. The Morgan fingerprint density at radius 2 is 1.68 bits per heavy atom. The van der Waals surface area contributed by atoms with Gasteiger partial charge in [-0.2, -0.15) is 0 Å². The largest absolute Gasteiger partial charge is 0.351 e. The van der Waals surface area contributed by atoms with Crippen LogP contribution in [0.1, 0.15) is 26.9 Å². The van der Waals surface area contributed by atoms with Crippen molar-refractivity contribution in [3.63, 3.8) is 0 Å². The molecule has 1 aliphatic rings. The number of rotatable bonds is 3. The topological polar surface area (TPSA) is 65.2 Å². The van der Waals surface area contributed by atoms with E-state index >= 15 is 0 Å². The zero-order valence-electron chi connectivity index (χ0n) is 16.9. The van der Waals surface area contributed by atoms with Crippen LogP contribution in [-0.4, -0.2) is 29.2 Å². The number of nitrogens with zero attached hydrogens (tertiary/aromatic N) is 1. The molecular formula is C25H21N3O2S. The van der Waals surface area contributed by atoms with Gasteiger partial charge in [-0.05, 0) is 29.3 Å². The predicted octanol–water partition coefficient (Wildman–Crippen LogP) is 4.72. The summed E-state index contributed by atoms with van der Waals surface area (Å²) < 4.78 is 0. The van der Waals surface area contributed by atoms with Gasteiger partial charge in [-0.25, -0.2) is 0 Å². The number of nitrogens with one attached hydrogen (secondary N) is 2. The van der Waals surface area contributed by atoms with E-state index in [1.54, 1.807) is 11.9 Å². The van der Waals surface area contributed by atoms with Crippen LogP contribution < -0.4 is 10.2 Å². The van der Waals surface area contributed by atoms with Gasteiger partial charge in [0, 0.05) is 23.6 Å². The highest BCUT2D eigenvalue weighted by Gasteiger charge is 2.35. The van der Waals surface area contributed by atoms with Crippen LogP contribution in [0.4, 0.5) is 5.69 Å². The average Bonchev–Trinajstić information content (AvgIpc) is 3.22. The second-order valence-corrected chi connectivity index (χ2v) is 8.72. The standard InChI is InChI=1S/C25H21N3O2S/c1-28-21-14-8-6-12-18(21)22(16-9-3-2-4-10-16)31-24(25(28)30)27-23(29)20-15-17-11-5-7-13-19(17)26-20/h2-15,22,24,26H,1H3,(H,27,29). The molecule has 3 aromatic carbocycles. The normalized spacial score (nSPS) is 18.5. The van der Waals surface area contributed by atoms with Crippen molar-refractivity contribution in [2.24, 2.45) is 0 Å². The molecule has 154 valence electrons. The fourth-order valence-electron chi connectivity index (χ4n) is 3.95. The Kier molecular flexibility index (Phi) is 5.00. The van der Waals surface area contributed by atoms with Gasteiger partial charge in [-0.3, -0.25) is 9.59 Å². The molecule has 0 spiro atoms. The number of thioether (sulfide) groups is 1. The number of anilines is 1. The van der Waals surface area contributed by atoms with Crippen molar-refractivity contribution in [3.8, 4) is 0 Å². The minimum atomic E-state index is -0.721. The number of hydrogen-bond donors (Lipinski definition) is 2. The molecule has 2 unspecified atom stereocenters. The number of aromatic amines is 1. The Labute approximate surface area is 184 Å². The molecule has 1 aliphatic heterocycles. The van der Waals surface area contributed by atoms with Gasteiger partial charge in [0.2, 0.25) is 0 Å². The molecule has 2 atom stereocenters. The van der Waals surface area contributed by atoms with Crippen LogP contribution in [0, 0.1) is 0 Å². The third kappa shape index (κ3) is 3.59. The Hall–Kier alpha value is -3.51. The van der Waals surface area contributed by atoms with E-state index in [0.29, 0.717) is 5.69 Å². The van der Waals surface area contributed by atoms with Gasteiger partial charge in [-0.1, -0.05) is 66.7 Å². The third-order valence-electron chi connectivity index (χ3n) is 5.55. The molecule has 31 heavy (non-hydrogen) atoms. The first-order valence-corrected chi connectivity index (χ1v) is 11.0. The number of benzene rings is 3. The van der Waals surface area contributed by atoms with Gasteiger partial charge < -0.3 is 15.2 Å². The van der Waals surface area contributed by atoms with E-state index in [9.17, 15) is 9.59 Å². The van der Waals surface area contributed by atoms with Crippen LogP contribution in [0.3, 0.4) is 0 Å². The number of carbonyl (C=O) groups is 2. The fourth-order valence-corrected chi connectivity index (χ4v) is 5.33. The smallest absolute Gasteiger partial charge is 0.269 e. The quantitative estimate of drug-likeness (QED) is 0.497. The van der Waals surface area contributed by atoms with Crippen LogP contribution in [0.15, 0.2) is 84.9 Å². The van der Waals surface area contributed by atoms with Crippen molar-refractivity contribution >= 4 is 40.2 Å². The summed E-state index contributed by atoms with van der Waals surface area (Å²) in [6.07, 6.45) is 0. The lowest BCUT2D eigenvalue weighted by Crippen LogP contribution is -2.45. The summed E-state index contributed by atoms with van der Waals surface area (Å²) >= 11 is 1.45. The molecular weight excluding hydrogens is 406 g/mol. The first-order chi connectivity index (χ1) is 15.1. The van der Waals surface area contributed by atoms with Crippen LogP contribution in [0.5, 0.6) is 0 Å². The molecule has 0 aliphatic carbocycles. The Morgan fingerprint density at radius 1 is 0.968 bits per heavy atom. The number of fused-ring (bicyclic) bond motifs is 2. The summed E-state index contributed by atoms with van der Waals surface area (Å²) in [5.74, 6) is -0.450. The number of likely N-dealkylation sites (N-methyl/N-ethyl adjacent to an activating group) is 1. The summed E-state index contributed by atoms with van der Waals surface area (Å²) in [5.41, 5.74) is 4.33. The second kappa shape index (κ2) is 7.96. The van der Waals surface area contributed by atoms with Crippen LogP contribution in [0.25, 0.3) is 10.9 Å². The SMILES string of the molecule is CN1C(=O)C(NC(=O)c2cc3ccccc3[nH]2)SC(c2ccccc2)c2ccccc21. The van der Waals surface area contributed by atoms with E-state index in [1.165, 1.54) is 11.8 Å². The number of hydrogen-bond acceptors (Lipinski definition) is 3. The minimum absolute atomic E-state index is 0.0840. The summed E-state index contributed by atoms with van der Waals surface area (Å²) in [5, 5.41) is 3.11. The molecule has 0 saturated heterocycles. The van der Waals surface area contributed by atoms with E-state index in [-0.39, 0.29) is 17.1 Å². The van der Waals surface area contributed by atoms with Gasteiger partial charge in [0.25, 0.3) is 11.8 Å². The molecule has 0 bridgehead atoms. The third-order valence-corrected chi connectivity index (χ3v) is 6.94. The zero-order valence-corrected chi connectivity index (χ0v) is 17.7. The molecule has 2 heterocycles. The van der Waals surface area contributed by atoms with E-state index < -0.39 is 5.37 Å². The summed E-state index contributed by atoms with van der Waals surface area (Å²) in [6.45, 7) is 0. The number of para-hydroxylation sites is 2. The lowest BCUT2D eigenvalue weighted by molar-refractivity contribution is -0.118. The lowest BCUT2D eigenvalue weighted by atomic mass is 10.0. The van der Waals surface area contributed by atoms with Gasteiger partial charge in [-0.15, -0.1) is 11.8 Å². The number of carbonyl (C=O) groups excluding carboxylic acids is 2. The predicted molar refractivity (Wildman–Crippen MR) is 125 cm³/mol. The maximum atomic E-state index is 13.3. The highest BCUT2D eigenvalue weighted by Crippen LogP contribution is 2.44. The van der Waals surface area contributed by atoms with Crippen LogP contribution in [0.2, 0.25) is 0 Å². The van der Waals surface area contributed by atoms with Crippen molar-refractivity contribution in [1.82, 2.24) is 10.3 Å². The number of aromatic nitrogens is 1. The molecule has 0 saturated carbocycles. The maximum Gasteiger partial charge on any atom is 0.269 e. The summed E-state index contributed by atoms with van der Waals surface area (Å²) in [7, 11) is 1.76. The van der Waals surface area contributed by atoms with E-state index in [1.807, 2.05) is 72.8 Å². The Bertz CT molecular complexity index is 1240. The molecule has 0 radical (unpaired) electrons. The lowest BCUT2D eigenvalue weighted by Gasteiger charge is -2.21.